The summed E-state index contributed by atoms with van der Waals surface area (Å²) in [6, 6.07) is 9.26. The Labute approximate surface area is 183 Å². The summed E-state index contributed by atoms with van der Waals surface area (Å²) >= 11 is 0. The van der Waals surface area contributed by atoms with Crippen LogP contribution in [-0.2, 0) is 4.74 Å². The summed E-state index contributed by atoms with van der Waals surface area (Å²) < 4.78 is 22.4. The van der Waals surface area contributed by atoms with Crippen LogP contribution in [0.2, 0.25) is 0 Å². The van der Waals surface area contributed by atoms with E-state index in [9.17, 15) is 30.3 Å². The van der Waals surface area contributed by atoms with Crippen LogP contribution in [0.15, 0.2) is 36.4 Å². The van der Waals surface area contributed by atoms with E-state index in [0.29, 0.717) is 11.3 Å². The zero-order chi connectivity index (χ0) is 23.0. The van der Waals surface area contributed by atoms with Gasteiger partial charge in [-0.2, -0.15) is 0 Å². The number of carbonyl (C=O) groups is 1. The molecule has 2 heterocycles. The minimum atomic E-state index is -1.64. The van der Waals surface area contributed by atoms with Gasteiger partial charge < -0.3 is 44.5 Å². The third-order valence-corrected chi connectivity index (χ3v) is 5.55. The summed E-state index contributed by atoms with van der Waals surface area (Å²) in [6.07, 6.45) is -8.03. The maximum atomic E-state index is 13.0. The number of ketones is 1. The van der Waals surface area contributed by atoms with E-state index < -0.39 is 43.4 Å². The van der Waals surface area contributed by atoms with Gasteiger partial charge >= 0.3 is 0 Å². The van der Waals surface area contributed by atoms with Crippen LogP contribution in [0, 0.1) is 0 Å². The first-order valence-electron chi connectivity index (χ1n) is 10.0. The molecule has 0 radical (unpaired) electrons. The molecule has 4 rings (SSSR count). The van der Waals surface area contributed by atoms with Gasteiger partial charge in [0.1, 0.15) is 59.1 Å². The number of rotatable bonds is 5. The Hall–Kier alpha value is -2.89. The van der Waals surface area contributed by atoms with Gasteiger partial charge in [0, 0.05) is 12.1 Å². The number of ether oxygens (including phenoxy) is 4. The number of carbonyl (C=O) groups excluding carboxylic acids is 1. The number of aliphatic hydroxyl groups excluding tert-OH is 4. The monoisotopic (exact) mass is 448 g/mol. The summed E-state index contributed by atoms with van der Waals surface area (Å²) in [6.45, 7) is -0.614. The first-order chi connectivity index (χ1) is 15.3. The average Bonchev–Trinajstić information content (AvgIpc) is 2.79. The second-order valence-corrected chi connectivity index (χ2v) is 7.64. The van der Waals surface area contributed by atoms with E-state index in [1.165, 1.54) is 31.4 Å². The van der Waals surface area contributed by atoms with Gasteiger partial charge in [0.05, 0.1) is 20.1 Å². The van der Waals surface area contributed by atoms with Gasteiger partial charge in [-0.25, -0.2) is 0 Å². The van der Waals surface area contributed by atoms with Crippen LogP contribution in [-0.4, -0.2) is 75.7 Å². The van der Waals surface area contributed by atoms with Crippen LogP contribution >= 0.6 is 0 Å². The highest BCUT2D eigenvalue weighted by molar-refractivity contribution is 6.02. The number of phenolic OH excluding ortho intramolecular Hbond substituents is 1. The molecule has 0 amide bonds. The predicted octanol–water partition coefficient (Wildman–Crippen LogP) is 0.286. The molecule has 2 aromatic rings. The predicted molar refractivity (Wildman–Crippen MR) is 108 cm³/mol. The summed E-state index contributed by atoms with van der Waals surface area (Å²) in [5, 5.41) is 49.1. The highest BCUT2D eigenvalue weighted by atomic mass is 16.7. The maximum absolute atomic E-state index is 13.0. The highest BCUT2D eigenvalue weighted by Crippen LogP contribution is 2.43. The van der Waals surface area contributed by atoms with Crippen molar-refractivity contribution in [1.29, 1.82) is 0 Å². The number of phenols is 1. The number of aliphatic hydroxyl groups is 4. The molecule has 6 atom stereocenters. The summed E-state index contributed by atoms with van der Waals surface area (Å²) in [5.41, 5.74) is 0.804. The van der Waals surface area contributed by atoms with Gasteiger partial charge in [-0.3, -0.25) is 4.79 Å². The van der Waals surface area contributed by atoms with Gasteiger partial charge in [-0.15, -0.1) is 0 Å². The first kappa shape index (κ1) is 22.3. The van der Waals surface area contributed by atoms with Crippen molar-refractivity contribution in [2.75, 3.05) is 13.7 Å². The fourth-order valence-electron chi connectivity index (χ4n) is 3.77. The second-order valence-electron chi connectivity index (χ2n) is 7.64. The molecule has 10 heteroatoms. The Morgan fingerprint density at radius 1 is 1.06 bits per heavy atom. The van der Waals surface area contributed by atoms with Crippen LogP contribution in [0.4, 0.5) is 0 Å². The minimum absolute atomic E-state index is 0.00200. The molecule has 10 nitrogen and oxygen atoms in total. The molecule has 1 saturated heterocycles. The number of Topliss-reactive ketones (excluding diaryl/α,β-unsaturated/α-hetero) is 1. The van der Waals surface area contributed by atoms with Crippen LogP contribution < -0.4 is 14.2 Å². The van der Waals surface area contributed by atoms with E-state index >= 15 is 0 Å². The number of methoxy groups -OCH3 is 1. The molecule has 2 aliphatic rings. The average molecular weight is 448 g/mol. The normalized spacial score (nSPS) is 29.7. The van der Waals surface area contributed by atoms with Crippen molar-refractivity contribution in [1.82, 2.24) is 0 Å². The van der Waals surface area contributed by atoms with Crippen LogP contribution in [0.3, 0.4) is 0 Å². The molecular formula is C22H24O10. The Morgan fingerprint density at radius 3 is 2.44 bits per heavy atom. The molecule has 0 spiro atoms. The van der Waals surface area contributed by atoms with Crippen molar-refractivity contribution in [3.8, 4) is 23.0 Å². The molecule has 0 aliphatic carbocycles. The molecule has 2 aliphatic heterocycles. The third kappa shape index (κ3) is 4.10. The lowest BCUT2D eigenvalue weighted by molar-refractivity contribution is -0.277. The Kier molecular flexibility index (Phi) is 6.22. The molecule has 1 fully saturated rings. The summed E-state index contributed by atoms with van der Waals surface area (Å²) in [5.74, 6) is 0.290. The molecule has 32 heavy (non-hydrogen) atoms. The number of hydrogen-bond donors (Lipinski definition) is 5. The Morgan fingerprint density at radius 2 is 1.78 bits per heavy atom. The van der Waals surface area contributed by atoms with E-state index in [1.807, 2.05) is 0 Å². The minimum Gasteiger partial charge on any atom is -0.508 e. The molecule has 0 saturated carbocycles. The molecule has 2 aromatic carbocycles. The lowest BCUT2D eigenvalue weighted by Gasteiger charge is -2.40. The van der Waals surface area contributed by atoms with Crippen molar-refractivity contribution in [2.24, 2.45) is 0 Å². The van der Waals surface area contributed by atoms with Crippen molar-refractivity contribution in [3.63, 3.8) is 0 Å². The van der Waals surface area contributed by atoms with Gasteiger partial charge in [0.2, 0.25) is 6.29 Å². The number of aromatic hydroxyl groups is 1. The smallest absolute Gasteiger partial charge is 0.229 e. The lowest BCUT2D eigenvalue weighted by atomic mass is 9.95. The second kappa shape index (κ2) is 8.93. The van der Waals surface area contributed by atoms with E-state index in [0.717, 1.165) is 0 Å². The van der Waals surface area contributed by atoms with Crippen molar-refractivity contribution in [3.05, 3.63) is 47.5 Å². The molecule has 5 N–H and O–H groups in total. The van der Waals surface area contributed by atoms with Crippen molar-refractivity contribution in [2.45, 2.75) is 43.2 Å². The van der Waals surface area contributed by atoms with Crippen molar-refractivity contribution >= 4 is 5.78 Å². The van der Waals surface area contributed by atoms with Crippen LogP contribution in [0.5, 0.6) is 23.0 Å². The molecule has 0 aromatic heterocycles. The summed E-state index contributed by atoms with van der Waals surface area (Å²) in [4.78, 5) is 13.0. The van der Waals surface area contributed by atoms with Gasteiger partial charge in [-0.05, 0) is 17.7 Å². The van der Waals surface area contributed by atoms with E-state index in [1.54, 1.807) is 12.1 Å². The fourth-order valence-corrected chi connectivity index (χ4v) is 3.77. The number of benzene rings is 2. The van der Waals surface area contributed by atoms with Crippen LogP contribution in [0.25, 0.3) is 0 Å². The number of fused-ring (bicyclic) bond motifs is 1. The maximum Gasteiger partial charge on any atom is 0.229 e. The number of hydrogen-bond acceptors (Lipinski definition) is 10. The largest absolute Gasteiger partial charge is 0.508 e. The quantitative estimate of drug-likeness (QED) is 0.431. The fraction of sp³-hybridized carbons (Fsp3) is 0.409. The SMILES string of the molecule is COc1cc(O[C@H]2O[C@@H](CO)[C@@H](O)[C@@H](O)[C@H]2O)c2c(c1)O[C@@H](c1ccc(O)cc1)CC2=O. The van der Waals surface area contributed by atoms with Crippen LogP contribution in [0.1, 0.15) is 28.4 Å². The standard InChI is InChI=1S/C22H24O10/c1-29-12-6-15-18(13(25)8-14(30-15)10-2-4-11(24)5-3-10)16(7-12)31-22-21(28)20(27)19(26)17(9-23)32-22/h2-7,14,17,19-24,26-28H,8-9H2,1H3/t14-,17+,19-,20-,21-,22+/m1/s1. The third-order valence-electron chi connectivity index (χ3n) is 5.55. The molecule has 0 bridgehead atoms. The molecule has 172 valence electrons. The van der Waals surface area contributed by atoms with Gasteiger partial charge in [0.25, 0.3) is 0 Å². The van der Waals surface area contributed by atoms with E-state index in [4.69, 9.17) is 18.9 Å². The zero-order valence-electron chi connectivity index (χ0n) is 17.1. The lowest BCUT2D eigenvalue weighted by Crippen LogP contribution is -2.60. The summed E-state index contributed by atoms with van der Waals surface area (Å²) in [7, 11) is 1.42. The Bertz CT molecular complexity index is 973. The van der Waals surface area contributed by atoms with Crippen molar-refractivity contribution < 1.29 is 49.3 Å². The molecular weight excluding hydrogens is 424 g/mol. The van der Waals surface area contributed by atoms with Gasteiger partial charge in [-0.1, -0.05) is 12.1 Å². The Balaban J connectivity index is 1.65. The highest BCUT2D eigenvalue weighted by Gasteiger charge is 2.45. The molecule has 0 unspecified atom stereocenters. The zero-order valence-corrected chi connectivity index (χ0v) is 17.1. The topological polar surface area (TPSA) is 155 Å². The first-order valence-corrected chi connectivity index (χ1v) is 10.0. The van der Waals surface area contributed by atoms with E-state index in [-0.39, 0.29) is 35.0 Å². The van der Waals surface area contributed by atoms with E-state index in [2.05, 4.69) is 0 Å². The van der Waals surface area contributed by atoms with Gasteiger partial charge in [0.15, 0.2) is 5.78 Å².